The average Bonchev–Trinajstić information content (AvgIpc) is 3.19. The molecule has 0 atom stereocenters. The minimum Gasteiger partial charge on any atom is -0.456 e. The molecule has 134 valence electrons. The van der Waals surface area contributed by atoms with Gasteiger partial charge in [0.2, 0.25) is 0 Å². The van der Waals surface area contributed by atoms with Crippen LogP contribution in [0.5, 0.6) is 0 Å². The Bertz CT molecular complexity index is 1260. The SMILES string of the molecule is Brc1cc(-c2ccccc2)cc(-c2nccc3oc(-c4ccccc4)cc23)c1. The molecule has 0 aliphatic heterocycles. The number of halogens is 1. The number of fused-ring (bicyclic) bond motifs is 1. The fourth-order valence-corrected chi connectivity index (χ4v) is 3.95. The minimum absolute atomic E-state index is 0.838. The van der Waals surface area contributed by atoms with Gasteiger partial charge in [0.25, 0.3) is 0 Å². The molecule has 0 saturated carbocycles. The summed E-state index contributed by atoms with van der Waals surface area (Å²) in [4.78, 5) is 4.68. The summed E-state index contributed by atoms with van der Waals surface area (Å²) in [5, 5.41) is 1.01. The van der Waals surface area contributed by atoms with Crippen LogP contribution in [0.3, 0.4) is 0 Å². The fraction of sp³-hybridized carbons (Fsp3) is 0. The van der Waals surface area contributed by atoms with E-state index in [0.717, 1.165) is 43.6 Å². The highest BCUT2D eigenvalue weighted by molar-refractivity contribution is 9.10. The highest BCUT2D eigenvalue weighted by atomic mass is 79.9. The molecule has 0 radical (unpaired) electrons. The summed E-state index contributed by atoms with van der Waals surface area (Å²) in [6.07, 6.45) is 1.80. The van der Waals surface area contributed by atoms with Crippen molar-refractivity contribution in [2.75, 3.05) is 0 Å². The summed E-state index contributed by atoms with van der Waals surface area (Å²) in [5.74, 6) is 0.850. The molecule has 0 bridgehead atoms. The normalized spacial score (nSPS) is 11.0. The fourth-order valence-electron chi connectivity index (χ4n) is 3.46. The van der Waals surface area contributed by atoms with Crippen LogP contribution in [0.1, 0.15) is 0 Å². The molecule has 5 aromatic rings. The van der Waals surface area contributed by atoms with Crippen LogP contribution in [0, 0.1) is 0 Å². The molecular weight excluding hydrogens is 410 g/mol. The lowest BCUT2D eigenvalue weighted by Gasteiger charge is -2.08. The average molecular weight is 426 g/mol. The summed E-state index contributed by atoms with van der Waals surface area (Å²) in [5.41, 5.74) is 6.19. The van der Waals surface area contributed by atoms with Crippen molar-refractivity contribution in [3.05, 3.63) is 102 Å². The van der Waals surface area contributed by atoms with Crippen LogP contribution in [0.25, 0.3) is 44.7 Å². The van der Waals surface area contributed by atoms with Crippen LogP contribution in [-0.2, 0) is 0 Å². The molecule has 0 unspecified atom stereocenters. The number of benzene rings is 3. The molecule has 3 aromatic carbocycles. The second-order valence-corrected chi connectivity index (χ2v) is 7.56. The van der Waals surface area contributed by atoms with E-state index in [-0.39, 0.29) is 0 Å². The quantitative estimate of drug-likeness (QED) is 0.297. The lowest BCUT2D eigenvalue weighted by molar-refractivity contribution is 0.631. The van der Waals surface area contributed by atoms with E-state index in [1.165, 1.54) is 5.56 Å². The van der Waals surface area contributed by atoms with E-state index in [9.17, 15) is 0 Å². The Hall–Kier alpha value is -3.17. The maximum atomic E-state index is 6.11. The first kappa shape index (κ1) is 17.0. The van der Waals surface area contributed by atoms with Crippen molar-refractivity contribution in [2.24, 2.45) is 0 Å². The van der Waals surface area contributed by atoms with Crippen molar-refractivity contribution in [3.8, 4) is 33.7 Å². The Morgan fingerprint density at radius 3 is 2.07 bits per heavy atom. The molecule has 2 aromatic heterocycles. The van der Waals surface area contributed by atoms with Crippen LogP contribution in [0.15, 0.2) is 106 Å². The summed E-state index contributed by atoms with van der Waals surface area (Å²) in [6, 6.07) is 30.9. The van der Waals surface area contributed by atoms with Gasteiger partial charge in [0.15, 0.2) is 0 Å². The van der Waals surface area contributed by atoms with E-state index in [1.54, 1.807) is 6.20 Å². The molecule has 0 N–H and O–H groups in total. The number of aromatic nitrogens is 1. The largest absolute Gasteiger partial charge is 0.456 e. The van der Waals surface area contributed by atoms with Gasteiger partial charge in [-0.25, -0.2) is 0 Å². The number of furan rings is 1. The van der Waals surface area contributed by atoms with Gasteiger partial charge in [-0.2, -0.15) is 0 Å². The maximum absolute atomic E-state index is 6.11. The van der Waals surface area contributed by atoms with Crippen LogP contribution in [-0.4, -0.2) is 4.98 Å². The third kappa shape index (κ3) is 3.14. The smallest absolute Gasteiger partial charge is 0.138 e. The molecule has 0 fully saturated rings. The Morgan fingerprint density at radius 2 is 1.32 bits per heavy atom. The van der Waals surface area contributed by atoms with Gasteiger partial charge in [-0.3, -0.25) is 4.98 Å². The van der Waals surface area contributed by atoms with Gasteiger partial charge < -0.3 is 4.42 Å². The number of pyridine rings is 1. The van der Waals surface area contributed by atoms with Crippen molar-refractivity contribution in [2.45, 2.75) is 0 Å². The lowest BCUT2D eigenvalue weighted by atomic mass is 10.00. The molecule has 2 heterocycles. The molecule has 0 aliphatic carbocycles. The summed E-state index contributed by atoms with van der Waals surface area (Å²) in [7, 11) is 0. The lowest BCUT2D eigenvalue weighted by Crippen LogP contribution is -1.86. The first-order valence-corrected chi connectivity index (χ1v) is 9.87. The molecule has 0 saturated heterocycles. The molecule has 0 spiro atoms. The van der Waals surface area contributed by atoms with Crippen molar-refractivity contribution in [1.29, 1.82) is 0 Å². The van der Waals surface area contributed by atoms with Gasteiger partial charge in [0.05, 0.1) is 5.69 Å². The molecule has 0 amide bonds. The van der Waals surface area contributed by atoms with Gasteiger partial charge in [0.1, 0.15) is 11.3 Å². The van der Waals surface area contributed by atoms with Crippen molar-refractivity contribution < 1.29 is 4.42 Å². The molecule has 0 aliphatic rings. The first-order valence-electron chi connectivity index (χ1n) is 9.08. The van der Waals surface area contributed by atoms with Gasteiger partial charge in [-0.1, -0.05) is 76.6 Å². The number of rotatable bonds is 3. The Morgan fingerprint density at radius 1 is 0.643 bits per heavy atom. The molecule has 28 heavy (non-hydrogen) atoms. The first-order chi connectivity index (χ1) is 13.8. The zero-order valence-corrected chi connectivity index (χ0v) is 16.6. The summed E-state index contributed by atoms with van der Waals surface area (Å²) >= 11 is 3.66. The Kier molecular flexibility index (Phi) is 4.30. The maximum Gasteiger partial charge on any atom is 0.138 e. The van der Waals surface area contributed by atoms with E-state index in [0.29, 0.717) is 0 Å². The standard InChI is InChI=1S/C25H16BrNO/c26-21-14-19(17-7-3-1-4-8-17)13-20(15-21)25-22-16-24(18-9-5-2-6-10-18)28-23(22)11-12-27-25/h1-16H. The van der Waals surface area contributed by atoms with Crippen LogP contribution < -0.4 is 0 Å². The third-order valence-corrected chi connectivity index (χ3v) is 5.24. The predicted octanol–water partition coefficient (Wildman–Crippen LogP) is 7.59. The molecule has 2 nitrogen and oxygen atoms in total. The zero-order valence-electron chi connectivity index (χ0n) is 15.0. The van der Waals surface area contributed by atoms with Crippen molar-refractivity contribution in [1.82, 2.24) is 4.98 Å². The van der Waals surface area contributed by atoms with Gasteiger partial charge in [0, 0.05) is 27.2 Å². The predicted molar refractivity (Wildman–Crippen MR) is 118 cm³/mol. The zero-order chi connectivity index (χ0) is 18.9. The van der Waals surface area contributed by atoms with Gasteiger partial charge in [-0.15, -0.1) is 0 Å². The van der Waals surface area contributed by atoms with Crippen molar-refractivity contribution >= 4 is 26.9 Å². The van der Waals surface area contributed by atoms with Gasteiger partial charge in [-0.05, 0) is 41.5 Å². The molecular formula is C25H16BrNO. The van der Waals surface area contributed by atoms with Crippen LogP contribution in [0.2, 0.25) is 0 Å². The Labute approximate surface area is 171 Å². The second-order valence-electron chi connectivity index (χ2n) is 6.64. The number of nitrogens with zero attached hydrogens (tertiary/aromatic N) is 1. The molecule has 5 rings (SSSR count). The number of hydrogen-bond donors (Lipinski definition) is 0. The summed E-state index contributed by atoms with van der Waals surface area (Å²) < 4.78 is 7.13. The highest BCUT2D eigenvalue weighted by Crippen LogP contribution is 2.36. The van der Waals surface area contributed by atoms with E-state index in [4.69, 9.17) is 4.42 Å². The monoisotopic (exact) mass is 425 g/mol. The van der Waals surface area contributed by atoms with E-state index >= 15 is 0 Å². The van der Waals surface area contributed by atoms with Crippen molar-refractivity contribution in [3.63, 3.8) is 0 Å². The second kappa shape index (κ2) is 7.10. The third-order valence-electron chi connectivity index (χ3n) is 4.78. The van der Waals surface area contributed by atoms with Crippen LogP contribution >= 0.6 is 15.9 Å². The highest BCUT2D eigenvalue weighted by Gasteiger charge is 2.13. The minimum atomic E-state index is 0.838. The Balaban J connectivity index is 1.68. The molecule has 3 heteroatoms. The van der Waals surface area contributed by atoms with E-state index in [1.807, 2.05) is 30.3 Å². The van der Waals surface area contributed by atoms with E-state index in [2.05, 4.69) is 81.6 Å². The number of hydrogen-bond acceptors (Lipinski definition) is 2. The topological polar surface area (TPSA) is 26.0 Å². The van der Waals surface area contributed by atoms with Gasteiger partial charge >= 0.3 is 0 Å². The van der Waals surface area contributed by atoms with Crippen LogP contribution in [0.4, 0.5) is 0 Å². The summed E-state index contributed by atoms with van der Waals surface area (Å²) in [6.45, 7) is 0. The van der Waals surface area contributed by atoms with E-state index < -0.39 is 0 Å².